The average molecular weight is 499 g/mol. The highest BCUT2D eigenvalue weighted by Gasteiger charge is 2.31. The molecule has 2 aromatic carbocycles. The largest absolute Gasteiger partial charge is 0.461 e. The smallest absolute Gasteiger partial charge is 0.416 e. The highest BCUT2D eigenvalue weighted by Crippen LogP contribution is 2.34. The lowest BCUT2D eigenvalue weighted by Gasteiger charge is -2.34. The number of esters is 1. The Morgan fingerprint density at radius 2 is 1.64 bits per heavy atom. The van der Waals surface area contributed by atoms with E-state index >= 15 is 0 Å². The van der Waals surface area contributed by atoms with E-state index in [9.17, 15) is 18.0 Å². The number of nitrogens with zero attached hydrogens (tertiary/aromatic N) is 2. The number of carbonyl (C=O) groups is 1. The molecular weight excluding hydrogens is 469 g/mol. The molecule has 8 heteroatoms. The minimum absolute atomic E-state index is 0.0347. The van der Waals surface area contributed by atoms with Gasteiger partial charge in [0.1, 0.15) is 11.8 Å². The number of rotatable bonds is 8. The van der Waals surface area contributed by atoms with Crippen molar-refractivity contribution >= 4 is 5.97 Å². The maximum absolute atomic E-state index is 13.0. The number of hydrogen-bond acceptors (Lipinski definition) is 5. The number of aromatic nitrogens is 1. The van der Waals surface area contributed by atoms with Gasteiger partial charge in [-0.2, -0.15) is 13.2 Å². The zero-order valence-corrected chi connectivity index (χ0v) is 20.1. The number of hydrogen-bond donors (Lipinski definition) is 0. The highest BCUT2D eigenvalue weighted by molar-refractivity contribution is 5.87. The van der Waals surface area contributed by atoms with Gasteiger partial charge in [-0.3, -0.25) is 4.90 Å². The Labute approximate surface area is 208 Å². The number of ether oxygens (including phenoxy) is 2. The fraction of sp³-hybridized carbons (Fsp3) is 0.357. The summed E-state index contributed by atoms with van der Waals surface area (Å²) in [5.74, 6) is -0.429. The molecule has 5 nitrogen and oxygen atoms in total. The zero-order valence-electron chi connectivity index (χ0n) is 20.1. The number of pyridine rings is 1. The van der Waals surface area contributed by atoms with Crippen molar-refractivity contribution in [2.75, 3.05) is 19.7 Å². The standard InChI is InChI=1S/C28H29F3N2O3/c1-2-35-27(34)25-10-6-9-23(32-25)19-33-17-15-24(16-18-33)36-26(20-7-4-3-5-8-20)21-11-13-22(14-12-21)28(29,30)31/h3-14,24,26H,2,15-19H2,1H3. The van der Waals surface area contributed by atoms with Crippen LogP contribution in [0.3, 0.4) is 0 Å². The van der Waals surface area contributed by atoms with Crippen molar-refractivity contribution in [3.05, 3.63) is 101 Å². The quantitative estimate of drug-likeness (QED) is 0.354. The predicted octanol–water partition coefficient (Wildman–Crippen LogP) is 6.05. The van der Waals surface area contributed by atoms with Crippen LogP contribution in [0, 0.1) is 0 Å². The molecule has 3 aromatic rings. The molecule has 1 aromatic heterocycles. The summed E-state index contributed by atoms with van der Waals surface area (Å²) >= 11 is 0. The SMILES string of the molecule is CCOC(=O)c1cccc(CN2CCC(OC(c3ccccc3)c3ccc(C(F)(F)F)cc3)CC2)n1. The first kappa shape index (κ1) is 25.9. The molecule has 2 heterocycles. The van der Waals surface area contributed by atoms with Crippen molar-refractivity contribution in [3.8, 4) is 0 Å². The summed E-state index contributed by atoms with van der Waals surface area (Å²) in [6.07, 6.45) is -3.30. The van der Waals surface area contributed by atoms with Gasteiger partial charge in [-0.15, -0.1) is 0 Å². The van der Waals surface area contributed by atoms with Crippen LogP contribution in [0.1, 0.15) is 58.7 Å². The van der Waals surface area contributed by atoms with Gasteiger partial charge in [0.15, 0.2) is 0 Å². The monoisotopic (exact) mass is 498 g/mol. The van der Waals surface area contributed by atoms with Crippen molar-refractivity contribution in [2.45, 2.75) is 44.7 Å². The van der Waals surface area contributed by atoms with E-state index in [2.05, 4.69) is 9.88 Å². The van der Waals surface area contributed by atoms with Crippen molar-refractivity contribution < 1.29 is 27.4 Å². The van der Waals surface area contributed by atoms with Gasteiger partial charge in [0, 0.05) is 19.6 Å². The van der Waals surface area contributed by atoms with E-state index in [0.717, 1.165) is 49.3 Å². The summed E-state index contributed by atoms with van der Waals surface area (Å²) in [5, 5.41) is 0. The van der Waals surface area contributed by atoms with Gasteiger partial charge in [-0.25, -0.2) is 9.78 Å². The molecule has 1 atom stereocenters. The number of benzene rings is 2. The minimum Gasteiger partial charge on any atom is -0.461 e. The molecule has 0 aliphatic carbocycles. The van der Waals surface area contributed by atoms with Gasteiger partial charge >= 0.3 is 12.1 Å². The Kier molecular flexibility index (Phi) is 8.38. The summed E-state index contributed by atoms with van der Waals surface area (Å²) < 4.78 is 50.6. The van der Waals surface area contributed by atoms with Crippen LogP contribution in [0.2, 0.25) is 0 Å². The lowest BCUT2D eigenvalue weighted by molar-refractivity contribution is -0.137. The molecule has 0 saturated carbocycles. The first-order valence-electron chi connectivity index (χ1n) is 12.1. The molecule has 0 spiro atoms. The molecule has 1 fully saturated rings. The Balaban J connectivity index is 1.40. The van der Waals surface area contributed by atoms with Crippen LogP contribution >= 0.6 is 0 Å². The van der Waals surface area contributed by atoms with Crippen molar-refractivity contribution in [2.24, 2.45) is 0 Å². The molecular formula is C28H29F3N2O3. The second-order valence-corrected chi connectivity index (χ2v) is 8.76. The van der Waals surface area contributed by atoms with E-state index in [1.807, 2.05) is 36.4 Å². The number of carbonyl (C=O) groups excluding carboxylic acids is 1. The molecule has 0 N–H and O–H groups in total. The molecule has 1 aliphatic rings. The Bertz CT molecular complexity index is 1130. The van der Waals surface area contributed by atoms with Crippen molar-refractivity contribution in [1.82, 2.24) is 9.88 Å². The van der Waals surface area contributed by atoms with Gasteiger partial charge in [-0.1, -0.05) is 48.5 Å². The predicted molar refractivity (Wildman–Crippen MR) is 129 cm³/mol. The van der Waals surface area contributed by atoms with Crippen LogP contribution in [-0.4, -0.2) is 41.7 Å². The number of piperidine rings is 1. The fourth-order valence-electron chi connectivity index (χ4n) is 4.34. The molecule has 0 bridgehead atoms. The van der Waals surface area contributed by atoms with E-state index in [-0.39, 0.29) is 6.10 Å². The highest BCUT2D eigenvalue weighted by atomic mass is 19.4. The van der Waals surface area contributed by atoms with Gasteiger partial charge in [0.2, 0.25) is 0 Å². The average Bonchev–Trinajstić information content (AvgIpc) is 2.89. The summed E-state index contributed by atoms with van der Waals surface area (Å²) in [7, 11) is 0. The normalized spacial score (nSPS) is 16.0. The fourth-order valence-corrected chi connectivity index (χ4v) is 4.34. The minimum atomic E-state index is -4.38. The zero-order chi connectivity index (χ0) is 25.5. The van der Waals surface area contributed by atoms with Gasteiger partial charge < -0.3 is 9.47 Å². The van der Waals surface area contributed by atoms with Crippen LogP contribution in [0.5, 0.6) is 0 Å². The van der Waals surface area contributed by atoms with E-state index < -0.39 is 23.8 Å². The number of alkyl halides is 3. The molecule has 190 valence electrons. The van der Waals surface area contributed by atoms with Gasteiger partial charge in [-0.05, 0) is 55.2 Å². The lowest BCUT2D eigenvalue weighted by Crippen LogP contribution is -2.37. The molecule has 0 amide bonds. The topological polar surface area (TPSA) is 51.7 Å². The van der Waals surface area contributed by atoms with Crippen molar-refractivity contribution in [3.63, 3.8) is 0 Å². The maximum atomic E-state index is 13.0. The molecule has 1 aliphatic heterocycles. The second kappa shape index (κ2) is 11.7. The van der Waals surface area contributed by atoms with Gasteiger partial charge in [0.25, 0.3) is 0 Å². The number of halogens is 3. The first-order valence-corrected chi connectivity index (χ1v) is 12.1. The van der Waals surface area contributed by atoms with Gasteiger partial charge in [0.05, 0.1) is 24.0 Å². The van der Waals surface area contributed by atoms with Crippen LogP contribution < -0.4 is 0 Å². The molecule has 1 unspecified atom stereocenters. The van der Waals surface area contributed by atoms with E-state index in [1.54, 1.807) is 19.1 Å². The number of likely N-dealkylation sites (tertiary alicyclic amines) is 1. The van der Waals surface area contributed by atoms with Crippen molar-refractivity contribution in [1.29, 1.82) is 0 Å². The second-order valence-electron chi connectivity index (χ2n) is 8.76. The summed E-state index contributed by atoms with van der Waals surface area (Å²) in [5.41, 5.74) is 2.02. The molecule has 36 heavy (non-hydrogen) atoms. The van der Waals surface area contributed by atoms with Crippen LogP contribution in [0.15, 0.2) is 72.8 Å². The Morgan fingerprint density at radius 3 is 2.28 bits per heavy atom. The summed E-state index contributed by atoms with van der Waals surface area (Å²) in [6.45, 7) is 4.23. The van der Waals surface area contributed by atoms with Crippen LogP contribution in [0.4, 0.5) is 13.2 Å². The third kappa shape index (κ3) is 6.71. The molecule has 1 saturated heterocycles. The van der Waals surface area contributed by atoms with E-state index in [1.165, 1.54) is 12.1 Å². The van der Waals surface area contributed by atoms with E-state index in [4.69, 9.17) is 9.47 Å². The Hall–Kier alpha value is -3.23. The first-order chi connectivity index (χ1) is 17.3. The molecule has 4 rings (SSSR count). The summed E-state index contributed by atoms with van der Waals surface area (Å²) in [4.78, 5) is 18.7. The third-order valence-corrected chi connectivity index (χ3v) is 6.18. The summed E-state index contributed by atoms with van der Waals surface area (Å²) in [6, 6.07) is 20.1. The lowest BCUT2D eigenvalue weighted by atomic mass is 9.99. The van der Waals surface area contributed by atoms with Crippen LogP contribution in [0.25, 0.3) is 0 Å². The van der Waals surface area contributed by atoms with Crippen LogP contribution in [-0.2, 0) is 22.2 Å². The Morgan fingerprint density at radius 1 is 0.972 bits per heavy atom. The van der Waals surface area contributed by atoms with E-state index in [0.29, 0.717) is 24.4 Å². The third-order valence-electron chi connectivity index (χ3n) is 6.18. The molecule has 0 radical (unpaired) electrons. The maximum Gasteiger partial charge on any atom is 0.416 e.